The topological polar surface area (TPSA) is 47.8 Å². The van der Waals surface area contributed by atoms with Crippen molar-refractivity contribution in [2.24, 2.45) is 0 Å². The van der Waals surface area contributed by atoms with Gasteiger partial charge in [-0.3, -0.25) is 9.55 Å². The smallest absolute Gasteiger partial charge is 0.175 e. The van der Waals surface area contributed by atoms with Crippen LogP contribution in [0.25, 0.3) is 27.8 Å². The third-order valence-electron chi connectivity index (χ3n) is 6.07. The second-order valence-electron chi connectivity index (χ2n) is 7.75. The molecule has 5 heteroatoms. The highest BCUT2D eigenvalue weighted by atomic mass is 31.2. The first-order valence-corrected chi connectivity index (χ1v) is 12.1. The lowest BCUT2D eigenvalue weighted by molar-refractivity contribution is 0.592. The molecule has 2 aromatic heterocycles. The molecule has 0 bridgehead atoms. The molecule has 150 valence electrons. The summed E-state index contributed by atoms with van der Waals surface area (Å²) < 4.78 is 17.2. The number of hydrogen-bond donors (Lipinski definition) is 0. The highest BCUT2D eigenvalue weighted by Gasteiger charge is 2.39. The second-order valence-corrected chi connectivity index (χ2v) is 10.4. The summed E-state index contributed by atoms with van der Waals surface area (Å²) in [6.45, 7) is 2.11. The molecule has 0 spiro atoms. The van der Waals surface area contributed by atoms with Crippen molar-refractivity contribution >= 4 is 34.1 Å². The van der Waals surface area contributed by atoms with Crippen molar-refractivity contribution in [2.75, 3.05) is 0 Å². The van der Waals surface area contributed by atoms with Crippen LogP contribution in [0, 0.1) is 0 Å². The fourth-order valence-electron chi connectivity index (χ4n) is 4.65. The van der Waals surface area contributed by atoms with E-state index in [0.29, 0.717) is 0 Å². The summed E-state index contributed by atoms with van der Waals surface area (Å²) >= 11 is 0. The molecule has 1 unspecified atom stereocenters. The van der Waals surface area contributed by atoms with Gasteiger partial charge in [-0.15, -0.1) is 0 Å². The molecular formula is C26H20N3OP. The van der Waals surface area contributed by atoms with Crippen LogP contribution in [0.5, 0.6) is 0 Å². The fraction of sp³-hybridized carbons (Fsp3) is 0.0769. The average molecular weight is 421 g/mol. The van der Waals surface area contributed by atoms with Crippen LogP contribution in [0.15, 0.2) is 91.3 Å². The molecule has 0 radical (unpaired) electrons. The van der Waals surface area contributed by atoms with Crippen molar-refractivity contribution in [1.29, 1.82) is 0 Å². The fourth-order valence-corrected chi connectivity index (χ4v) is 7.63. The number of rotatable bonds is 3. The molecule has 0 amide bonds. The molecule has 3 heterocycles. The van der Waals surface area contributed by atoms with Crippen LogP contribution >= 0.6 is 7.14 Å². The molecule has 5 aromatic rings. The number of imidazole rings is 1. The van der Waals surface area contributed by atoms with E-state index in [-0.39, 0.29) is 0 Å². The Morgan fingerprint density at radius 2 is 1.65 bits per heavy atom. The third kappa shape index (κ3) is 2.52. The second kappa shape index (κ2) is 6.76. The molecule has 0 aliphatic carbocycles. The Balaban J connectivity index is 1.76. The van der Waals surface area contributed by atoms with Gasteiger partial charge in [0.05, 0.1) is 16.7 Å². The van der Waals surface area contributed by atoms with Gasteiger partial charge in [0.25, 0.3) is 0 Å². The van der Waals surface area contributed by atoms with E-state index in [4.69, 9.17) is 4.98 Å². The highest BCUT2D eigenvalue weighted by Crippen LogP contribution is 2.49. The summed E-state index contributed by atoms with van der Waals surface area (Å²) in [6, 6.07) is 26.1. The van der Waals surface area contributed by atoms with E-state index >= 15 is 0 Å². The Kier molecular flexibility index (Phi) is 3.99. The van der Waals surface area contributed by atoms with Crippen LogP contribution in [0.1, 0.15) is 12.7 Å². The van der Waals surface area contributed by atoms with Crippen LogP contribution in [-0.2, 0) is 11.0 Å². The van der Waals surface area contributed by atoms with Gasteiger partial charge < -0.3 is 4.57 Å². The molecule has 0 N–H and O–H groups in total. The lowest BCUT2D eigenvalue weighted by atomic mass is 10.1. The van der Waals surface area contributed by atoms with Gasteiger partial charge in [0, 0.05) is 34.7 Å². The molecule has 31 heavy (non-hydrogen) atoms. The first-order chi connectivity index (χ1) is 15.2. The Labute approximate surface area is 180 Å². The first kappa shape index (κ1) is 18.3. The van der Waals surface area contributed by atoms with E-state index in [1.165, 1.54) is 0 Å². The molecule has 0 saturated carbocycles. The Morgan fingerprint density at radius 3 is 2.42 bits per heavy atom. The van der Waals surface area contributed by atoms with Crippen LogP contribution in [-0.4, -0.2) is 14.5 Å². The van der Waals surface area contributed by atoms with Crippen LogP contribution in [0.4, 0.5) is 0 Å². The van der Waals surface area contributed by atoms with Crippen molar-refractivity contribution in [2.45, 2.75) is 13.3 Å². The van der Waals surface area contributed by atoms with Crippen LogP contribution in [0.3, 0.4) is 0 Å². The zero-order valence-electron chi connectivity index (χ0n) is 17.1. The number of aromatic nitrogens is 3. The van der Waals surface area contributed by atoms with E-state index in [0.717, 1.165) is 56.0 Å². The standard InChI is InChI=1S/C26H20N3OP/c1-2-25-28-21-9-6-10-24-26(21)29(25)22-17-19(18-13-15-27-16-14-18)11-12-23(22)31(24,30)20-7-4-3-5-8-20/h3-17H,2H2,1H3. The molecule has 0 saturated heterocycles. The van der Waals surface area contributed by atoms with E-state index in [1.54, 1.807) is 12.4 Å². The summed E-state index contributed by atoms with van der Waals surface area (Å²) in [6.07, 6.45) is 4.39. The van der Waals surface area contributed by atoms with Gasteiger partial charge in [0.1, 0.15) is 5.82 Å². The average Bonchev–Trinajstić information content (AvgIpc) is 3.23. The normalized spacial score (nSPS) is 16.9. The zero-order valence-corrected chi connectivity index (χ0v) is 18.0. The van der Waals surface area contributed by atoms with Gasteiger partial charge in [0.2, 0.25) is 0 Å². The number of para-hydroxylation sites is 1. The van der Waals surface area contributed by atoms with Crippen molar-refractivity contribution in [3.63, 3.8) is 0 Å². The molecule has 6 rings (SSSR count). The zero-order chi connectivity index (χ0) is 21.0. The number of benzene rings is 3. The van der Waals surface area contributed by atoms with E-state index in [1.807, 2.05) is 66.7 Å². The number of pyridine rings is 1. The highest BCUT2D eigenvalue weighted by molar-refractivity contribution is 7.86. The van der Waals surface area contributed by atoms with Gasteiger partial charge in [-0.05, 0) is 47.5 Å². The number of nitrogens with zero attached hydrogens (tertiary/aromatic N) is 3. The number of aryl methyl sites for hydroxylation is 1. The maximum Gasteiger partial charge on any atom is 0.175 e. The van der Waals surface area contributed by atoms with E-state index < -0.39 is 7.14 Å². The molecule has 3 aromatic carbocycles. The lowest BCUT2D eigenvalue weighted by Gasteiger charge is -2.29. The van der Waals surface area contributed by atoms with E-state index in [2.05, 4.69) is 28.6 Å². The Morgan fingerprint density at radius 1 is 0.839 bits per heavy atom. The minimum atomic E-state index is -3.05. The van der Waals surface area contributed by atoms with Crippen LogP contribution in [0.2, 0.25) is 0 Å². The molecule has 1 aliphatic heterocycles. The summed E-state index contributed by atoms with van der Waals surface area (Å²) in [5, 5.41) is 2.59. The molecule has 1 aliphatic rings. The number of fused-ring (bicyclic) bond motifs is 2. The molecule has 0 fully saturated rings. The first-order valence-electron chi connectivity index (χ1n) is 10.4. The molecule has 4 nitrogen and oxygen atoms in total. The van der Waals surface area contributed by atoms with Gasteiger partial charge in [-0.2, -0.15) is 0 Å². The predicted octanol–water partition coefficient (Wildman–Crippen LogP) is 4.60. The molecular weight excluding hydrogens is 401 g/mol. The molecule has 1 atom stereocenters. The minimum Gasteiger partial charge on any atom is -0.308 e. The largest absolute Gasteiger partial charge is 0.308 e. The summed E-state index contributed by atoms with van der Waals surface area (Å²) in [7, 11) is -3.05. The summed E-state index contributed by atoms with van der Waals surface area (Å²) in [5.74, 6) is 0.981. The van der Waals surface area contributed by atoms with E-state index in [9.17, 15) is 4.57 Å². The van der Waals surface area contributed by atoms with Crippen LogP contribution < -0.4 is 15.9 Å². The number of hydrogen-bond acceptors (Lipinski definition) is 3. The van der Waals surface area contributed by atoms with Gasteiger partial charge in [0.15, 0.2) is 7.14 Å². The van der Waals surface area contributed by atoms with Gasteiger partial charge in [-0.25, -0.2) is 4.98 Å². The quantitative estimate of drug-likeness (QED) is 0.392. The Hall–Kier alpha value is -3.49. The predicted molar refractivity (Wildman–Crippen MR) is 127 cm³/mol. The summed E-state index contributed by atoms with van der Waals surface area (Å²) in [5.41, 5.74) is 4.97. The van der Waals surface area contributed by atoms with Gasteiger partial charge in [-0.1, -0.05) is 49.4 Å². The maximum atomic E-state index is 15.0. The van der Waals surface area contributed by atoms with Crippen molar-refractivity contribution < 1.29 is 4.57 Å². The minimum absolute atomic E-state index is 0.794. The van der Waals surface area contributed by atoms with Crippen molar-refractivity contribution in [3.05, 3.63) is 97.1 Å². The van der Waals surface area contributed by atoms with Crippen molar-refractivity contribution in [1.82, 2.24) is 14.5 Å². The third-order valence-corrected chi connectivity index (χ3v) is 9.19. The Bertz CT molecular complexity index is 1490. The summed E-state index contributed by atoms with van der Waals surface area (Å²) in [4.78, 5) is 9.04. The monoisotopic (exact) mass is 421 g/mol. The van der Waals surface area contributed by atoms with Crippen molar-refractivity contribution in [3.8, 4) is 16.8 Å². The SMILES string of the molecule is CCc1nc2cccc3c2n1-c1cc(-c2ccncc2)ccc1P3(=O)c1ccccc1. The maximum absolute atomic E-state index is 15.0. The van der Waals surface area contributed by atoms with Gasteiger partial charge >= 0.3 is 0 Å². The lowest BCUT2D eigenvalue weighted by Crippen LogP contribution is -2.33.